The summed E-state index contributed by atoms with van der Waals surface area (Å²) in [6.45, 7) is 0.786. The Morgan fingerprint density at radius 1 is 0.963 bits per heavy atom. The molecule has 0 unspecified atom stereocenters. The molecule has 1 amide bonds. The Morgan fingerprint density at radius 3 is 2.33 bits per heavy atom. The molecule has 0 saturated carbocycles. The molecule has 0 radical (unpaired) electrons. The van der Waals surface area contributed by atoms with Gasteiger partial charge in [-0.05, 0) is 48.9 Å². The average molecular weight is 459 g/mol. The summed E-state index contributed by atoms with van der Waals surface area (Å²) in [5, 5.41) is 0. The summed E-state index contributed by atoms with van der Waals surface area (Å²) in [7, 11) is -3.78. The highest BCUT2D eigenvalue weighted by molar-refractivity contribution is 9.10. The molecule has 0 aromatic heterocycles. The van der Waals surface area contributed by atoms with Gasteiger partial charge in [-0.15, -0.1) is 0 Å². The third-order valence-electron chi connectivity index (χ3n) is 4.36. The second-order valence-corrected chi connectivity index (χ2v) is 8.98. The highest BCUT2D eigenvalue weighted by atomic mass is 79.9. The fraction of sp³-hybridized carbons (Fsp3) is 0.278. The summed E-state index contributed by atoms with van der Waals surface area (Å²) < 4.78 is 54.4. The number of hydrogen-bond donors (Lipinski definition) is 0. The van der Waals surface area contributed by atoms with Crippen LogP contribution >= 0.6 is 15.9 Å². The first-order chi connectivity index (χ1) is 12.8. The molecule has 1 aliphatic heterocycles. The maximum Gasteiger partial charge on any atom is 0.256 e. The zero-order valence-electron chi connectivity index (χ0n) is 14.2. The fourth-order valence-corrected chi connectivity index (χ4v) is 4.73. The third-order valence-corrected chi connectivity index (χ3v) is 6.76. The van der Waals surface area contributed by atoms with Crippen LogP contribution in [-0.2, 0) is 10.0 Å². The highest BCUT2D eigenvalue weighted by Gasteiger charge is 2.29. The molecule has 0 bridgehead atoms. The number of rotatable bonds is 3. The summed E-state index contributed by atoms with van der Waals surface area (Å²) in [4.78, 5) is 14.1. The van der Waals surface area contributed by atoms with Crippen LogP contribution in [0.5, 0.6) is 0 Å². The predicted octanol–water partition coefficient (Wildman–Crippen LogP) is 3.26. The lowest BCUT2D eigenvalue weighted by Crippen LogP contribution is -2.37. The second kappa shape index (κ2) is 8.04. The van der Waals surface area contributed by atoms with Crippen molar-refractivity contribution in [3.8, 4) is 0 Å². The van der Waals surface area contributed by atoms with Crippen molar-refractivity contribution in [3.05, 3.63) is 64.1 Å². The maximum atomic E-state index is 14.1. The maximum absolute atomic E-state index is 14.1. The van der Waals surface area contributed by atoms with Gasteiger partial charge < -0.3 is 4.90 Å². The van der Waals surface area contributed by atoms with Crippen LogP contribution in [-0.4, -0.2) is 49.7 Å². The van der Waals surface area contributed by atoms with E-state index in [1.165, 1.54) is 33.5 Å². The Labute approximate surface area is 164 Å². The van der Waals surface area contributed by atoms with E-state index in [-0.39, 0.29) is 30.1 Å². The Morgan fingerprint density at radius 2 is 1.67 bits per heavy atom. The van der Waals surface area contributed by atoms with Gasteiger partial charge in [0.05, 0.1) is 10.5 Å². The number of sulfonamides is 1. The molecule has 1 heterocycles. The van der Waals surface area contributed by atoms with Crippen molar-refractivity contribution in [1.29, 1.82) is 0 Å². The van der Waals surface area contributed by atoms with E-state index < -0.39 is 27.6 Å². The number of halogens is 3. The van der Waals surface area contributed by atoms with Crippen molar-refractivity contribution in [2.75, 3.05) is 26.2 Å². The number of benzene rings is 2. The number of hydrogen-bond acceptors (Lipinski definition) is 3. The SMILES string of the molecule is O=C(c1ccc(Br)cc1F)N1CCCN(S(=O)(=O)c2ccc(F)cc2)CC1. The van der Waals surface area contributed by atoms with Gasteiger partial charge in [0.2, 0.25) is 10.0 Å². The molecule has 0 atom stereocenters. The van der Waals surface area contributed by atoms with Gasteiger partial charge in [-0.1, -0.05) is 15.9 Å². The van der Waals surface area contributed by atoms with Crippen LogP contribution in [0.15, 0.2) is 51.8 Å². The van der Waals surface area contributed by atoms with E-state index in [2.05, 4.69) is 15.9 Å². The lowest BCUT2D eigenvalue weighted by atomic mass is 10.2. The van der Waals surface area contributed by atoms with Crippen LogP contribution in [0, 0.1) is 11.6 Å². The molecule has 1 aliphatic rings. The van der Waals surface area contributed by atoms with Gasteiger partial charge in [-0.25, -0.2) is 17.2 Å². The minimum Gasteiger partial charge on any atom is -0.337 e. The molecule has 27 heavy (non-hydrogen) atoms. The van der Waals surface area contributed by atoms with Crippen molar-refractivity contribution >= 4 is 31.9 Å². The Balaban J connectivity index is 1.75. The first-order valence-corrected chi connectivity index (χ1v) is 10.5. The molecular formula is C18H17BrF2N2O3S. The van der Waals surface area contributed by atoms with Gasteiger partial charge >= 0.3 is 0 Å². The van der Waals surface area contributed by atoms with E-state index in [9.17, 15) is 22.0 Å². The van der Waals surface area contributed by atoms with Crippen molar-refractivity contribution in [2.24, 2.45) is 0 Å². The van der Waals surface area contributed by atoms with E-state index in [1.54, 1.807) is 6.07 Å². The number of amides is 1. The first-order valence-electron chi connectivity index (χ1n) is 8.29. The molecule has 3 rings (SSSR count). The van der Waals surface area contributed by atoms with Crippen LogP contribution in [0.2, 0.25) is 0 Å². The van der Waals surface area contributed by atoms with Gasteiger partial charge in [0, 0.05) is 30.7 Å². The molecule has 0 aliphatic carbocycles. The summed E-state index contributed by atoms with van der Waals surface area (Å²) in [6, 6.07) is 8.83. The quantitative estimate of drug-likeness (QED) is 0.708. The number of nitrogens with zero attached hydrogens (tertiary/aromatic N) is 2. The minimum atomic E-state index is -3.78. The third kappa shape index (κ3) is 4.36. The van der Waals surface area contributed by atoms with Gasteiger partial charge in [-0.2, -0.15) is 4.31 Å². The Bertz CT molecular complexity index is 952. The van der Waals surface area contributed by atoms with Crippen molar-refractivity contribution in [1.82, 2.24) is 9.21 Å². The van der Waals surface area contributed by atoms with Crippen molar-refractivity contribution in [3.63, 3.8) is 0 Å². The fourth-order valence-electron chi connectivity index (χ4n) is 2.93. The van der Waals surface area contributed by atoms with E-state index in [4.69, 9.17) is 0 Å². The molecule has 1 saturated heterocycles. The molecule has 144 valence electrons. The summed E-state index contributed by atoms with van der Waals surface area (Å²) in [5.41, 5.74) is -0.0481. The molecular weight excluding hydrogens is 442 g/mol. The van der Waals surface area contributed by atoms with Crippen molar-refractivity contribution in [2.45, 2.75) is 11.3 Å². The lowest BCUT2D eigenvalue weighted by molar-refractivity contribution is 0.0759. The van der Waals surface area contributed by atoms with Gasteiger partial charge in [-0.3, -0.25) is 4.79 Å². The van der Waals surface area contributed by atoms with E-state index in [0.29, 0.717) is 17.4 Å². The molecule has 1 fully saturated rings. The molecule has 9 heteroatoms. The zero-order chi connectivity index (χ0) is 19.6. The molecule has 5 nitrogen and oxygen atoms in total. The average Bonchev–Trinajstić information content (AvgIpc) is 2.88. The van der Waals surface area contributed by atoms with Gasteiger partial charge in [0.1, 0.15) is 11.6 Å². The summed E-state index contributed by atoms with van der Waals surface area (Å²) >= 11 is 3.15. The van der Waals surface area contributed by atoms with E-state index >= 15 is 0 Å². The van der Waals surface area contributed by atoms with Crippen LogP contribution < -0.4 is 0 Å². The second-order valence-electron chi connectivity index (χ2n) is 6.13. The van der Waals surface area contributed by atoms with Crippen LogP contribution in [0.25, 0.3) is 0 Å². The molecule has 2 aromatic carbocycles. The first kappa shape index (κ1) is 19.9. The molecule has 2 aromatic rings. The lowest BCUT2D eigenvalue weighted by Gasteiger charge is -2.22. The zero-order valence-corrected chi connectivity index (χ0v) is 16.6. The molecule has 0 N–H and O–H groups in total. The smallest absolute Gasteiger partial charge is 0.256 e. The minimum absolute atomic E-state index is 0.00244. The van der Waals surface area contributed by atoms with Crippen LogP contribution in [0.1, 0.15) is 16.8 Å². The summed E-state index contributed by atoms with van der Waals surface area (Å²) in [5.74, 6) is -1.62. The van der Waals surface area contributed by atoms with Crippen molar-refractivity contribution < 1.29 is 22.0 Å². The topological polar surface area (TPSA) is 57.7 Å². The standard InChI is InChI=1S/C18H17BrF2N2O3S/c19-13-2-7-16(17(21)12-13)18(24)22-8-1-9-23(11-10-22)27(25,26)15-5-3-14(20)4-6-15/h2-7,12H,1,8-11H2. The summed E-state index contributed by atoms with van der Waals surface area (Å²) in [6.07, 6.45) is 0.421. The number of carbonyl (C=O) groups excluding carboxylic acids is 1. The Hall–Kier alpha value is -1.84. The van der Waals surface area contributed by atoms with E-state index in [0.717, 1.165) is 12.1 Å². The van der Waals surface area contributed by atoms with E-state index in [1.807, 2.05) is 0 Å². The largest absolute Gasteiger partial charge is 0.337 e. The van der Waals surface area contributed by atoms with Gasteiger partial charge in [0.15, 0.2) is 0 Å². The monoisotopic (exact) mass is 458 g/mol. The predicted molar refractivity (Wildman–Crippen MR) is 99.8 cm³/mol. The van der Waals surface area contributed by atoms with Crippen LogP contribution in [0.3, 0.4) is 0 Å². The Kier molecular flexibility index (Phi) is 5.92. The van der Waals surface area contributed by atoms with Crippen LogP contribution in [0.4, 0.5) is 8.78 Å². The normalized spacial score (nSPS) is 16.2. The molecule has 0 spiro atoms. The van der Waals surface area contributed by atoms with Gasteiger partial charge in [0.25, 0.3) is 5.91 Å². The number of carbonyl (C=O) groups is 1. The highest BCUT2D eigenvalue weighted by Crippen LogP contribution is 2.21.